The smallest absolute Gasteiger partial charge is 0.194 e. The third kappa shape index (κ3) is 1.51. The van der Waals surface area contributed by atoms with E-state index in [0.717, 1.165) is 25.5 Å². The van der Waals surface area contributed by atoms with Gasteiger partial charge in [0.25, 0.3) is 0 Å². The Bertz CT molecular complexity index is 313. The van der Waals surface area contributed by atoms with E-state index < -0.39 is 0 Å². The maximum absolute atomic E-state index is 5.62. The number of ether oxygens (including phenoxy) is 1. The molecule has 1 saturated carbocycles. The van der Waals surface area contributed by atoms with Crippen LogP contribution in [0.3, 0.4) is 0 Å². The Kier molecular flexibility index (Phi) is 2.65. The molecule has 2 unspecified atom stereocenters. The van der Waals surface area contributed by atoms with Gasteiger partial charge in [-0.2, -0.15) is 0 Å². The highest BCUT2D eigenvalue weighted by Gasteiger charge is 2.58. The minimum Gasteiger partial charge on any atom is -0.378 e. The zero-order valence-corrected chi connectivity index (χ0v) is 11.0. The maximum atomic E-state index is 5.62. The summed E-state index contributed by atoms with van der Waals surface area (Å²) in [7, 11) is 3.89. The van der Waals surface area contributed by atoms with Gasteiger partial charge < -0.3 is 15.0 Å². The quantitative estimate of drug-likeness (QED) is 0.764. The molecular weight excluding hydrogens is 202 g/mol. The SMILES string of the molecule is COC1(C)CC(NC2=NCCN2C)C1(C)C. The molecule has 1 heterocycles. The number of guanidine groups is 1. The zero-order valence-electron chi connectivity index (χ0n) is 11.0. The fraction of sp³-hybridized carbons (Fsp3) is 0.917. The molecule has 4 heteroatoms. The molecule has 0 radical (unpaired) electrons. The van der Waals surface area contributed by atoms with Crippen LogP contribution in [-0.4, -0.2) is 49.7 Å². The molecule has 1 N–H and O–H groups in total. The molecule has 92 valence electrons. The first kappa shape index (κ1) is 11.7. The van der Waals surface area contributed by atoms with Gasteiger partial charge >= 0.3 is 0 Å². The van der Waals surface area contributed by atoms with Crippen molar-refractivity contribution >= 4 is 5.96 Å². The van der Waals surface area contributed by atoms with E-state index in [9.17, 15) is 0 Å². The Morgan fingerprint density at radius 3 is 2.56 bits per heavy atom. The van der Waals surface area contributed by atoms with Crippen LogP contribution in [0.1, 0.15) is 27.2 Å². The van der Waals surface area contributed by atoms with Crippen LogP contribution in [0.4, 0.5) is 0 Å². The lowest BCUT2D eigenvalue weighted by atomic mass is 9.56. The maximum Gasteiger partial charge on any atom is 0.194 e. The van der Waals surface area contributed by atoms with Gasteiger partial charge in [0, 0.05) is 32.2 Å². The van der Waals surface area contributed by atoms with Crippen LogP contribution in [0.2, 0.25) is 0 Å². The molecule has 2 aliphatic rings. The summed E-state index contributed by atoms with van der Waals surface area (Å²) in [5.41, 5.74) is 0.135. The molecule has 4 nitrogen and oxygen atoms in total. The minimum absolute atomic E-state index is 0.0115. The Labute approximate surface area is 98.1 Å². The van der Waals surface area contributed by atoms with Crippen molar-refractivity contribution in [3.8, 4) is 0 Å². The van der Waals surface area contributed by atoms with E-state index in [1.165, 1.54) is 0 Å². The third-order valence-electron chi connectivity index (χ3n) is 4.64. The van der Waals surface area contributed by atoms with Crippen LogP contribution in [0.5, 0.6) is 0 Å². The molecule has 0 bridgehead atoms. The number of nitrogens with one attached hydrogen (secondary N) is 1. The van der Waals surface area contributed by atoms with E-state index >= 15 is 0 Å². The summed E-state index contributed by atoms with van der Waals surface area (Å²) in [6, 6.07) is 0.455. The molecule has 0 aromatic heterocycles. The van der Waals surface area contributed by atoms with E-state index in [4.69, 9.17) is 4.74 Å². The lowest BCUT2D eigenvalue weighted by Crippen LogP contribution is -2.69. The summed E-state index contributed by atoms with van der Waals surface area (Å²) in [5.74, 6) is 1.04. The fourth-order valence-corrected chi connectivity index (χ4v) is 2.57. The second kappa shape index (κ2) is 3.62. The monoisotopic (exact) mass is 225 g/mol. The van der Waals surface area contributed by atoms with Gasteiger partial charge in [0.2, 0.25) is 0 Å². The van der Waals surface area contributed by atoms with Crippen molar-refractivity contribution < 1.29 is 4.74 Å². The molecule has 1 aliphatic heterocycles. The van der Waals surface area contributed by atoms with Crippen molar-refractivity contribution in [2.24, 2.45) is 10.4 Å². The summed E-state index contributed by atoms with van der Waals surface area (Å²) in [4.78, 5) is 6.65. The second-order valence-corrected chi connectivity index (χ2v) is 5.68. The van der Waals surface area contributed by atoms with E-state index in [0.29, 0.717) is 6.04 Å². The lowest BCUT2D eigenvalue weighted by molar-refractivity contribution is -0.176. The summed E-state index contributed by atoms with van der Waals surface area (Å²) in [6.45, 7) is 8.64. The summed E-state index contributed by atoms with van der Waals surface area (Å²) in [6.07, 6.45) is 1.04. The zero-order chi connectivity index (χ0) is 12.0. The highest BCUT2D eigenvalue weighted by atomic mass is 16.5. The van der Waals surface area contributed by atoms with Crippen molar-refractivity contribution in [1.82, 2.24) is 10.2 Å². The first-order valence-electron chi connectivity index (χ1n) is 5.98. The van der Waals surface area contributed by atoms with Crippen molar-refractivity contribution in [2.75, 3.05) is 27.2 Å². The van der Waals surface area contributed by atoms with E-state index in [1.807, 2.05) is 0 Å². The number of methoxy groups -OCH3 is 1. The summed E-state index contributed by atoms with van der Waals surface area (Å²) >= 11 is 0. The number of aliphatic imine (C=N–C) groups is 1. The normalized spacial score (nSPS) is 36.9. The number of hydrogen-bond acceptors (Lipinski definition) is 4. The summed E-state index contributed by atoms with van der Waals surface area (Å²) < 4.78 is 5.62. The molecular formula is C12H23N3O. The number of nitrogens with zero attached hydrogens (tertiary/aromatic N) is 2. The van der Waals surface area contributed by atoms with Gasteiger partial charge in [-0.3, -0.25) is 4.99 Å². The van der Waals surface area contributed by atoms with E-state index in [2.05, 4.69) is 43.0 Å². The topological polar surface area (TPSA) is 36.9 Å². The molecule has 16 heavy (non-hydrogen) atoms. The van der Waals surface area contributed by atoms with Gasteiger partial charge in [0.05, 0.1) is 12.1 Å². The minimum atomic E-state index is -0.0115. The van der Waals surface area contributed by atoms with Crippen molar-refractivity contribution in [3.05, 3.63) is 0 Å². The van der Waals surface area contributed by atoms with Crippen molar-refractivity contribution in [2.45, 2.75) is 38.8 Å². The number of hydrogen-bond donors (Lipinski definition) is 1. The van der Waals surface area contributed by atoms with Crippen LogP contribution in [-0.2, 0) is 4.74 Å². The van der Waals surface area contributed by atoms with Gasteiger partial charge in [-0.25, -0.2) is 0 Å². The largest absolute Gasteiger partial charge is 0.378 e. The van der Waals surface area contributed by atoms with Gasteiger partial charge in [-0.15, -0.1) is 0 Å². The molecule has 0 amide bonds. The predicted molar refractivity (Wildman–Crippen MR) is 65.7 cm³/mol. The molecule has 1 aliphatic carbocycles. The molecule has 0 aromatic rings. The molecule has 0 aromatic carbocycles. The Balaban J connectivity index is 1.99. The van der Waals surface area contributed by atoms with Gasteiger partial charge in [-0.1, -0.05) is 13.8 Å². The summed E-state index contributed by atoms with van der Waals surface area (Å²) in [5, 5.41) is 3.54. The average Bonchev–Trinajstić information content (AvgIpc) is 2.63. The van der Waals surface area contributed by atoms with Crippen molar-refractivity contribution in [3.63, 3.8) is 0 Å². The number of likely N-dealkylation sites (N-methyl/N-ethyl adjacent to an activating group) is 1. The Hall–Kier alpha value is -0.770. The first-order valence-corrected chi connectivity index (χ1v) is 5.98. The van der Waals surface area contributed by atoms with E-state index in [-0.39, 0.29) is 11.0 Å². The van der Waals surface area contributed by atoms with E-state index in [1.54, 1.807) is 7.11 Å². The fourth-order valence-electron chi connectivity index (χ4n) is 2.57. The van der Waals surface area contributed by atoms with Crippen LogP contribution < -0.4 is 5.32 Å². The van der Waals surface area contributed by atoms with Gasteiger partial charge in [0.15, 0.2) is 5.96 Å². The van der Waals surface area contributed by atoms with Crippen LogP contribution >= 0.6 is 0 Å². The van der Waals surface area contributed by atoms with Crippen LogP contribution in [0, 0.1) is 5.41 Å². The standard InChI is InChI=1S/C12H23N3O/c1-11(2)9(8-12(11,3)16-5)14-10-13-6-7-15(10)4/h9H,6-8H2,1-5H3,(H,13,14). The van der Waals surface area contributed by atoms with Gasteiger partial charge in [0.1, 0.15) is 0 Å². The average molecular weight is 225 g/mol. The first-order chi connectivity index (χ1) is 7.40. The predicted octanol–water partition coefficient (Wildman–Crippen LogP) is 1.08. The molecule has 0 saturated heterocycles. The van der Waals surface area contributed by atoms with Crippen LogP contribution in [0.25, 0.3) is 0 Å². The van der Waals surface area contributed by atoms with Gasteiger partial charge in [-0.05, 0) is 13.3 Å². The Morgan fingerprint density at radius 1 is 1.44 bits per heavy atom. The highest BCUT2D eigenvalue weighted by molar-refractivity contribution is 5.81. The number of rotatable bonds is 2. The lowest BCUT2D eigenvalue weighted by Gasteiger charge is -2.59. The Morgan fingerprint density at radius 2 is 2.12 bits per heavy atom. The molecule has 0 spiro atoms. The van der Waals surface area contributed by atoms with Crippen LogP contribution in [0.15, 0.2) is 4.99 Å². The molecule has 1 fully saturated rings. The third-order valence-corrected chi connectivity index (χ3v) is 4.64. The highest BCUT2D eigenvalue weighted by Crippen LogP contribution is 2.51. The van der Waals surface area contributed by atoms with Crippen molar-refractivity contribution in [1.29, 1.82) is 0 Å². The second-order valence-electron chi connectivity index (χ2n) is 5.68. The molecule has 2 atom stereocenters. The molecule has 2 rings (SSSR count).